The molecule has 1 rings (SSSR count). The van der Waals surface area contributed by atoms with Crippen LogP contribution in [-0.4, -0.2) is 17.2 Å². The molecule has 96 valence electrons. The summed E-state index contributed by atoms with van der Waals surface area (Å²) in [5, 5.41) is 27.3. The van der Waals surface area contributed by atoms with Crippen LogP contribution in [0.5, 0.6) is 0 Å². The van der Waals surface area contributed by atoms with Gasteiger partial charge in [-0.2, -0.15) is 5.26 Å². The molecule has 0 heterocycles. The van der Waals surface area contributed by atoms with E-state index in [1.54, 1.807) is 0 Å². The minimum absolute atomic E-state index is 0.227. The van der Waals surface area contributed by atoms with Gasteiger partial charge in [-0.25, -0.2) is 0 Å². The first-order valence-corrected chi connectivity index (χ1v) is 6.92. The highest BCUT2D eigenvalue weighted by Gasteiger charge is 2.37. The molecule has 0 aromatic heterocycles. The molecule has 1 atom stereocenters. The Morgan fingerprint density at radius 1 is 1.29 bits per heavy atom. The summed E-state index contributed by atoms with van der Waals surface area (Å²) in [6, 6.07) is 2.55. The van der Waals surface area contributed by atoms with E-state index in [-0.39, 0.29) is 5.41 Å². The molecule has 1 aliphatic carbocycles. The molecule has 1 saturated carbocycles. The smallest absolute Gasteiger partial charge is 0.427 e. The van der Waals surface area contributed by atoms with E-state index in [1.807, 2.05) is 0 Å². The van der Waals surface area contributed by atoms with Crippen molar-refractivity contribution in [3.8, 4) is 6.07 Å². The van der Waals surface area contributed by atoms with Gasteiger partial charge >= 0.3 is 7.12 Å². The van der Waals surface area contributed by atoms with Gasteiger partial charge in [-0.05, 0) is 37.9 Å². The highest BCUT2D eigenvalue weighted by atomic mass is 16.4. The van der Waals surface area contributed by atoms with E-state index in [4.69, 9.17) is 10.0 Å². The highest BCUT2D eigenvalue weighted by Crippen LogP contribution is 2.44. The van der Waals surface area contributed by atoms with Crippen LogP contribution in [-0.2, 0) is 0 Å². The van der Waals surface area contributed by atoms with E-state index >= 15 is 0 Å². The maximum absolute atomic E-state index is 9.52. The van der Waals surface area contributed by atoms with E-state index in [0.29, 0.717) is 12.2 Å². The molecule has 0 amide bonds. The minimum Gasteiger partial charge on any atom is -0.427 e. The SMILES string of the molecule is CCC(C#N)(CCCB(O)O)C1CCCCC1. The lowest BCUT2D eigenvalue weighted by atomic mass is 9.64. The summed E-state index contributed by atoms with van der Waals surface area (Å²) in [6.07, 6.45) is 8.94. The summed E-state index contributed by atoms with van der Waals surface area (Å²) in [5.41, 5.74) is -0.227. The quantitative estimate of drug-likeness (QED) is 0.698. The summed E-state index contributed by atoms with van der Waals surface area (Å²) >= 11 is 0. The normalized spacial score (nSPS) is 20.6. The fraction of sp³-hybridized carbons (Fsp3) is 0.923. The zero-order chi connectivity index (χ0) is 12.7. The van der Waals surface area contributed by atoms with E-state index in [9.17, 15) is 5.26 Å². The Bertz CT molecular complexity index is 259. The molecule has 1 aliphatic rings. The maximum Gasteiger partial charge on any atom is 0.451 e. The molecular formula is C13H24BNO2. The second-order valence-electron chi connectivity index (χ2n) is 5.33. The predicted octanol–water partition coefficient (Wildman–Crippen LogP) is 2.74. The number of nitriles is 1. The van der Waals surface area contributed by atoms with Crippen LogP contribution in [0.2, 0.25) is 6.32 Å². The molecule has 2 N–H and O–H groups in total. The lowest BCUT2D eigenvalue weighted by Gasteiger charge is -2.37. The monoisotopic (exact) mass is 237 g/mol. The Balaban J connectivity index is 2.57. The van der Waals surface area contributed by atoms with Crippen molar-refractivity contribution in [2.24, 2.45) is 11.3 Å². The first-order chi connectivity index (χ1) is 8.14. The average Bonchev–Trinajstić information content (AvgIpc) is 2.36. The van der Waals surface area contributed by atoms with Gasteiger partial charge in [0.05, 0.1) is 11.5 Å². The summed E-state index contributed by atoms with van der Waals surface area (Å²) in [4.78, 5) is 0. The van der Waals surface area contributed by atoms with Crippen molar-refractivity contribution in [2.45, 2.75) is 64.6 Å². The van der Waals surface area contributed by atoms with Gasteiger partial charge in [-0.15, -0.1) is 0 Å². The van der Waals surface area contributed by atoms with Gasteiger partial charge in [0.1, 0.15) is 0 Å². The van der Waals surface area contributed by atoms with Crippen molar-refractivity contribution in [1.82, 2.24) is 0 Å². The van der Waals surface area contributed by atoms with Crippen molar-refractivity contribution >= 4 is 7.12 Å². The molecule has 0 aromatic carbocycles. The molecule has 4 heteroatoms. The molecular weight excluding hydrogens is 213 g/mol. The van der Waals surface area contributed by atoms with Gasteiger partial charge in [-0.3, -0.25) is 0 Å². The fourth-order valence-corrected chi connectivity index (χ4v) is 3.15. The average molecular weight is 237 g/mol. The van der Waals surface area contributed by atoms with Crippen molar-refractivity contribution in [2.75, 3.05) is 0 Å². The number of rotatable bonds is 6. The molecule has 17 heavy (non-hydrogen) atoms. The Morgan fingerprint density at radius 2 is 1.94 bits per heavy atom. The molecule has 0 aliphatic heterocycles. The Hall–Kier alpha value is -0.525. The largest absolute Gasteiger partial charge is 0.451 e. The zero-order valence-corrected chi connectivity index (χ0v) is 10.9. The van der Waals surface area contributed by atoms with Crippen molar-refractivity contribution in [3.05, 3.63) is 0 Å². The topological polar surface area (TPSA) is 64.2 Å². The third kappa shape index (κ3) is 4.01. The summed E-state index contributed by atoms with van der Waals surface area (Å²) < 4.78 is 0. The van der Waals surface area contributed by atoms with Gasteiger partial charge in [0.25, 0.3) is 0 Å². The maximum atomic E-state index is 9.52. The molecule has 1 unspecified atom stereocenters. The molecule has 0 bridgehead atoms. The van der Waals surface area contributed by atoms with E-state index in [1.165, 1.54) is 32.1 Å². The van der Waals surface area contributed by atoms with E-state index in [2.05, 4.69) is 13.0 Å². The predicted molar refractivity (Wildman–Crippen MR) is 69.1 cm³/mol. The van der Waals surface area contributed by atoms with Crippen molar-refractivity contribution in [3.63, 3.8) is 0 Å². The van der Waals surface area contributed by atoms with Gasteiger partial charge in [0.2, 0.25) is 0 Å². The van der Waals surface area contributed by atoms with Crippen LogP contribution >= 0.6 is 0 Å². The van der Waals surface area contributed by atoms with Gasteiger partial charge in [0.15, 0.2) is 0 Å². The number of nitrogens with zero attached hydrogens (tertiary/aromatic N) is 1. The van der Waals surface area contributed by atoms with Crippen LogP contribution in [0.4, 0.5) is 0 Å². The van der Waals surface area contributed by atoms with Crippen LogP contribution in [0.15, 0.2) is 0 Å². The third-order valence-corrected chi connectivity index (χ3v) is 4.33. The van der Waals surface area contributed by atoms with Gasteiger partial charge in [0, 0.05) is 0 Å². The van der Waals surface area contributed by atoms with E-state index < -0.39 is 7.12 Å². The second-order valence-corrected chi connectivity index (χ2v) is 5.33. The lowest BCUT2D eigenvalue weighted by Crippen LogP contribution is -2.30. The first-order valence-electron chi connectivity index (χ1n) is 6.92. The molecule has 0 spiro atoms. The summed E-state index contributed by atoms with van der Waals surface area (Å²) in [6.45, 7) is 2.09. The first kappa shape index (κ1) is 14.5. The molecule has 0 radical (unpaired) electrons. The lowest BCUT2D eigenvalue weighted by molar-refractivity contribution is 0.157. The Morgan fingerprint density at radius 3 is 2.41 bits per heavy atom. The van der Waals surface area contributed by atoms with Crippen LogP contribution in [0, 0.1) is 22.7 Å². The summed E-state index contributed by atoms with van der Waals surface area (Å²) in [5.74, 6) is 0.516. The van der Waals surface area contributed by atoms with E-state index in [0.717, 1.165) is 19.3 Å². The van der Waals surface area contributed by atoms with Gasteiger partial charge < -0.3 is 10.0 Å². The second kappa shape index (κ2) is 7.03. The van der Waals surface area contributed by atoms with Crippen molar-refractivity contribution < 1.29 is 10.0 Å². The third-order valence-electron chi connectivity index (χ3n) is 4.33. The van der Waals surface area contributed by atoms with Crippen LogP contribution in [0.3, 0.4) is 0 Å². The number of hydrogen-bond acceptors (Lipinski definition) is 3. The Kier molecular flexibility index (Phi) is 6.01. The molecule has 1 fully saturated rings. The zero-order valence-electron chi connectivity index (χ0n) is 10.9. The standard InChI is InChI=1S/C13H24BNO2/c1-2-13(11-15,9-6-10-14(16)17)12-7-4-3-5-8-12/h12,16-17H,2-10H2,1H3. The fourth-order valence-electron chi connectivity index (χ4n) is 3.15. The van der Waals surface area contributed by atoms with Crippen LogP contribution in [0.25, 0.3) is 0 Å². The van der Waals surface area contributed by atoms with Gasteiger partial charge in [-0.1, -0.05) is 32.6 Å². The summed E-state index contributed by atoms with van der Waals surface area (Å²) in [7, 11) is -1.23. The molecule has 0 aromatic rings. The number of hydrogen-bond donors (Lipinski definition) is 2. The highest BCUT2D eigenvalue weighted by molar-refractivity contribution is 6.40. The van der Waals surface area contributed by atoms with Crippen molar-refractivity contribution in [1.29, 1.82) is 5.26 Å². The van der Waals surface area contributed by atoms with Crippen LogP contribution < -0.4 is 0 Å². The molecule has 3 nitrogen and oxygen atoms in total. The van der Waals surface area contributed by atoms with Crippen LogP contribution in [0.1, 0.15) is 58.3 Å². The molecule has 0 saturated heterocycles. The Labute approximate surface area is 105 Å². The minimum atomic E-state index is -1.23.